The summed E-state index contributed by atoms with van der Waals surface area (Å²) in [5.74, 6) is 0.566. The van der Waals surface area contributed by atoms with E-state index < -0.39 is 0 Å². The van der Waals surface area contributed by atoms with Crippen molar-refractivity contribution in [2.24, 2.45) is 10.7 Å². The van der Waals surface area contributed by atoms with Gasteiger partial charge in [-0.05, 0) is 12.8 Å². The summed E-state index contributed by atoms with van der Waals surface area (Å²) in [4.78, 5) is 6.26. The van der Waals surface area contributed by atoms with E-state index in [9.17, 15) is 0 Å². The Labute approximate surface area is 83.1 Å². The summed E-state index contributed by atoms with van der Waals surface area (Å²) in [7, 11) is 0. The second kappa shape index (κ2) is 3.84. The van der Waals surface area contributed by atoms with Gasteiger partial charge in [0.1, 0.15) is 0 Å². The van der Waals surface area contributed by atoms with Gasteiger partial charge in [0.15, 0.2) is 12.1 Å². The van der Waals surface area contributed by atoms with Crippen LogP contribution in [0.25, 0.3) is 0 Å². The van der Waals surface area contributed by atoms with E-state index in [0.29, 0.717) is 25.2 Å². The molecule has 0 spiro atoms. The van der Waals surface area contributed by atoms with Crippen LogP contribution in [0.1, 0.15) is 12.8 Å². The number of hydrogen-bond donors (Lipinski definition) is 1. The number of morpholine rings is 1. The molecule has 0 bridgehead atoms. The summed E-state index contributed by atoms with van der Waals surface area (Å²) in [6.07, 6.45) is 1.93. The van der Waals surface area contributed by atoms with Crippen LogP contribution in [0.15, 0.2) is 4.99 Å². The number of guanidine groups is 1. The number of rotatable bonds is 1. The monoisotopic (exact) mass is 194 g/mol. The number of nitriles is 1. The third-order valence-electron chi connectivity index (χ3n) is 2.40. The fraction of sp³-hybridized carbons (Fsp3) is 0.778. The number of ether oxygens (including phenoxy) is 1. The molecular formula is C9H14N4O. The van der Waals surface area contributed by atoms with Crippen molar-refractivity contribution < 1.29 is 4.74 Å². The lowest BCUT2D eigenvalue weighted by Crippen LogP contribution is -2.48. The third-order valence-corrected chi connectivity index (χ3v) is 2.40. The molecule has 0 aromatic carbocycles. The van der Waals surface area contributed by atoms with Gasteiger partial charge < -0.3 is 15.4 Å². The zero-order valence-electron chi connectivity index (χ0n) is 8.02. The quantitative estimate of drug-likeness (QED) is 0.459. The fourth-order valence-electron chi connectivity index (χ4n) is 1.41. The van der Waals surface area contributed by atoms with E-state index in [2.05, 4.69) is 11.1 Å². The molecule has 1 aliphatic carbocycles. The number of nitrogens with zero attached hydrogens (tertiary/aromatic N) is 3. The summed E-state index contributed by atoms with van der Waals surface area (Å²) in [5.41, 5.74) is 5.82. The van der Waals surface area contributed by atoms with Crippen LogP contribution in [0.4, 0.5) is 0 Å². The molecule has 1 saturated heterocycles. The number of aliphatic imine (C=N–C) groups is 1. The van der Waals surface area contributed by atoms with Gasteiger partial charge in [0.25, 0.3) is 0 Å². The smallest absolute Gasteiger partial charge is 0.191 e. The average Bonchev–Trinajstić information content (AvgIpc) is 3.02. The van der Waals surface area contributed by atoms with E-state index in [-0.39, 0.29) is 6.10 Å². The first-order valence-corrected chi connectivity index (χ1v) is 4.89. The van der Waals surface area contributed by atoms with Gasteiger partial charge in [0, 0.05) is 6.54 Å². The van der Waals surface area contributed by atoms with Gasteiger partial charge in [-0.25, -0.2) is 4.99 Å². The zero-order valence-corrected chi connectivity index (χ0v) is 8.02. The van der Waals surface area contributed by atoms with Gasteiger partial charge in [0.05, 0.1) is 25.3 Å². The van der Waals surface area contributed by atoms with Gasteiger partial charge in [-0.2, -0.15) is 5.26 Å². The molecule has 2 aliphatic rings. The summed E-state index contributed by atoms with van der Waals surface area (Å²) in [5, 5.41) is 8.70. The lowest BCUT2D eigenvalue weighted by molar-refractivity contribution is 0.0260. The summed E-state index contributed by atoms with van der Waals surface area (Å²) in [6, 6.07) is 2.51. The SMILES string of the molecule is N#CC1CN(C(N)=NC2CC2)CCO1. The van der Waals surface area contributed by atoms with Crippen molar-refractivity contribution in [3.05, 3.63) is 0 Å². The lowest BCUT2D eigenvalue weighted by atomic mass is 10.3. The van der Waals surface area contributed by atoms with E-state index >= 15 is 0 Å². The molecule has 5 heteroatoms. The zero-order chi connectivity index (χ0) is 9.97. The molecule has 1 aliphatic heterocycles. The molecule has 2 fully saturated rings. The van der Waals surface area contributed by atoms with Gasteiger partial charge >= 0.3 is 0 Å². The Balaban J connectivity index is 1.93. The van der Waals surface area contributed by atoms with Crippen LogP contribution in [0.5, 0.6) is 0 Å². The fourth-order valence-corrected chi connectivity index (χ4v) is 1.41. The maximum atomic E-state index is 8.70. The van der Waals surface area contributed by atoms with E-state index in [1.54, 1.807) is 0 Å². The molecule has 0 amide bonds. The number of hydrogen-bond acceptors (Lipinski definition) is 3. The molecule has 0 aromatic rings. The average molecular weight is 194 g/mol. The van der Waals surface area contributed by atoms with Gasteiger partial charge in [0.2, 0.25) is 0 Å². The molecule has 0 aromatic heterocycles. The van der Waals surface area contributed by atoms with E-state index in [1.165, 1.54) is 0 Å². The highest BCUT2D eigenvalue weighted by molar-refractivity contribution is 5.78. The first-order chi connectivity index (χ1) is 6.79. The van der Waals surface area contributed by atoms with Crippen LogP contribution in [0, 0.1) is 11.3 Å². The highest BCUT2D eigenvalue weighted by Gasteiger charge is 2.25. The lowest BCUT2D eigenvalue weighted by Gasteiger charge is -2.30. The molecule has 0 radical (unpaired) electrons. The Morgan fingerprint density at radius 3 is 3.00 bits per heavy atom. The third kappa shape index (κ3) is 2.15. The Bertz CT molecular complexity index is 279. The Kier molecular flexibility index (Phi) is 2.55. The van der Waals surface area contributed by atoms with Crippen LogP contribution >= 0.6 is 0 Å². The first-order valence-electron chi connectivity index (χ1n) is 4.89. The van der Waals surface area contributed by atoms with E-state index in [1.807, 2.05) is 4.90 Å². The second-order valence-electron chi connectivity index (χ2n) is 3.65. The van der Waals surface area contributed by atoms with Gasteiger partial charge in [-0.15, -0.1) is 0 Å². The molecule has 76 valence electrons. The minimum absolute atomic E-state index is 0.364. The number of nitrogens with two attached hydrogens (primary N) is 1. The first kappa shape index (κ1) is 9.28. The molecule has 2 N–H and O–H groups in total. The standard InChI is InChI=1S/C9H14N4O/c10-5-8-6-13(3-4-14-8)9(11)12-7-1-2-7/h7-8H,1-4,6H2,(H2,11,12). The predicted molar refractivity (Wildman–Crippen MR) is 51.6 cm³/mol. The molecule has 1 atom stereocenters. The molecule has 1 heterocycles. The maximum Gasteiger partial charge on any atom is 0.191 e. The minimum Gasteiger partial charge on any atom is -0.370 e. The van der Waals surface area contributed by atoms with Crippen LogP contribution in [0.2, 0.25) is 0 Å². The maximum absolute atomic E-state index is 8.70. The molecule has 14 heavy (non-hydrogen) atoms. The highest BCUT2D eigenvalue weighted by atomic mass is 16.5. The van der Waals surface area contributed by atoms with E-state index in [4.69, 9.17) is 15.7 Å². The Hall–Kier alpha value is -1.28. The molecular weight excluding hydrogens is 180 g/mol. The molecule has 1 saturated carbocycles. The summed E-state index contributed by atoms with van der Waals surface area (Å²) >= 11 is 0. The van der Waals surface area contributed by atoms with Crippen LogP contribution < -0.4 is 5.73 Å². The Morgan fingerprint density at radius 1 is 1.57 bits per heavy atom. The highest BCUT2D eigenvalue weighted by Crippen LogP contribution is 2.23. The normalized spacial score (nSPS) is 28.6. The van der Waals surface area contributed by atoms with Crippen molar-refractivity contribution in [1.29, 1.82) is 5.26 Å². The molecule has 2 rings (SSSR count). The molecule has 1 unspecified atom stereocenters. The minimum atomic E-state index is -0.364. The Morgan fingerprint density at radius 2 is 2.36 bits per heavy atom. The van der Waals surface area contributed by atoms with Gasteiger partial charge in [-0.1, -0.05) is 0 Å². The van der Waals surface area contributed by atoms with Crippen molar-refractivity contribution in [2.75, 3.05) is 19.7 Å². The van der Waals surface area contributed by atoms with Crippen molar-refractivity contribution >= 4 is 5.96 Å². The van der Waals surface area contributed by atoms with Gasteiger partial charge in [-0.3, -0.25) is 0 Å². The van der Waals surface area contributed by atoms with Crippen molar-refractivity contribution in [2.45, 2.75) is 25.0 Å². The van der Waals surface area contributed by atoms with Crippen molar-refractivity contribution in [3.8, 4) is 6.07 Å². The summed E-state index contributed by atoms with van der Waals surface area (Å²) < 4.78 is 5.21. The van der Waals surface area contributed by atoms with Crippen LogP contribution in [-0.2, 0) is 4.74 Å². The van der Waals surface area contributed by atoms with Crippen LogP contribution in [-0.4, -0.2) is 42.7 Å². The largest absolute Gasteiger partial charge is 0.370 e. The van der Waals surface area contributed by atoms with Crippen LogP contribution in [0.3, 0.4) is 0 Å². The van der Waals surface area contributed by atoms with E-state index in [0.717, 1.165) is 19.4 Å². The second-order valence-corrected chi connectivity index (χ2v) is 3.65. The molecule has 5 nitrogen and oxygen atoms in total. The van der Waals surface area contributed by atoms with Crippen molar-refractivity contribution in [1.82, 2.24) is 4.90 Å². The topological polar surface area (TPSA) is 74.6 Å². The van der Waals surface area contributed by atoms with Crippen molar-refractivity contribution in [3.63, 3.8) is 0 Å². The summed E-state index contributed by atoms with van der Waals surface area (Å²) in [6.45, 7) is 1.83. The predicted octanol–water partition coefficient (Wildman–Crippen LogP) is -0.312.